The van der Waals surface area contributed by atoms with Crippen molar-refractivity contribution < 1.29 is 9.59 Å². The van der Waals surface area contributed by atoms with Gasteiger partial charge in [-0.15, -0.1) is 0 Å². The van der Waals surface area contributed by atoms with Crippen molar-refractivity contribution in [1.82, 2.24) is 16.0 Å². The van der Waals surface area contributed by atoms with Gasteiger partial charge in [-0.05, 0) is 38.3 Å². The van der Waals surface area contributed by atoms with E-state index in [9.17, 15) is 9.59 Å². The molecule has 2 aliphatic rings. The molecule has 15 heavy (non-hydrogen) atoms. The third-order valence-electron chi connectivity index (χ3n) is 3.56. The van der Waals surface area contributed by atoms with Crippen molar-refractivity contribution in [2.75, 3.05) is 13.1 Å². The molecule has 1 unspecified atom stereocenters. The molecule has 0 radical (unpaired) electrons. The first-order valence-corrected chi connectivity index (χ1v) is 5.53. The van der Waals surface area contributed by atoms with E-state index in [1.807, 2.05) is 6.92 Å². The standard InChI is InChI=1S/C10H17N3O2/c1-2-10(7-3-5-11-6-4-7)8(14)12-9(15)13-10/h7,11H,2-6H2,1H3,(H2,12,13,14,15). The van der Waals surface area contributed by atoms with Gasteiger partial charge < -0.3 is 10.6 Å². The molecule has 84 valence electrons. The van der Waals surface area contributed by atoms with Crippen LogP contribution in [0, 0.1) is 5.92 Å². The van der Waals surface area contributed by atoms with Gasteiger partial charge in [0.1, 0.15) is 5.54 Å². The van der Waals surface area contributed by atoms with Crippen LogP contribution in [0.1, 0.15) is 26.2 Å². The van der Waals surface area contributed by atoms with E-state index in [1.54, 1.807) is 0 Å². The summed E-state index contributed by atoms with van der Waals surface area (Å²) in [7, 11) is 0. The van der Waals surface area contributed by atoms with Crippen LogP contribution >= 0.6 is 0 Å². The lowest BCUT2D eigenvalue weighted by atomic mass is 9.76. The number of imide groups is 1. The van der Waals surface area contributed by atoms with Gasteiger partial charge in [-0.3, -0.25) is 10.1 Å². The molecule has 0 aromatic carbocycles. The zero-order valence-electron chi connectivity index (χ0n) is 8.93. The Hall–Kier alpha value is -1.10. The molecule has 0 aromatic rings. The number of carbonyl (C=O) groups excluding carboxylic acids is 2. The molecule has 2 saturated heterocycles. The summed E-state index contributed by atoms with van der Waals surface area (Å²) in [6, 6.07) is -0.347. The predicted molar refractivity (Wildman–Crippen MR) is 55.3 cm³/mol. The molecule has 3 amide bonds. The van der Waals surface area contributed by atoms with Gasteiger partial charge >= 0.3 is 6.03 Å². The summed E-state index contributed by atoms with van der Waals surface area (Å²) in [5, 5.41) is 8.42. The first-order chi connectivity index (χ1) is 7.19. The fourth-order valence-corrected chi connectivity index (χ4v) is 2.65. The van der Waals surface area contributed by atoms with Gasteiger partial charge in [-0.2, -0.15) is 0 Å². The van der Waals surface area contributed by atoms with Gasteiger partial charge in [0.15, 0.2) is 0 Å². The minimum absolute atomic E-state index is 0.151. The highest BCUT2D eigenvalue weighted by Gasteiger charge is 2.50. The number of nitrogens with one attached hydrogen (secondary N) is 3. The Bertz CT molecular complexity index is 286. The summed E-state index contributed by atoms with van der Waals surface area (Å²) >= 11 is 0. The molecule has 2 aliphatic heterocycles. The van der Waals surface area contributed by atoms with Crippen LogP contribution in [0.2, 0.25) is 0 Å². The van der Waals surface area contributed by atoms with E-state index in [4.69, 9.17) is 0 Å². The van der Waals surface area contributed by atoms with E-state index in [2.05, 4.69) is 16.0 Å². The fourth-order valence-electron chi connectivity index (χ4n) is 2.65. The highest BCUT2D eigenvalue weighted by molar-refractivity contribution is 6.07. The summed E-state index contributed by atoms with van der Waals surface area (Å²) in [4.78, 5) is 23.0. The van der Waals surface area contributed by atoms with Crippen molar-refractivity contribution in [3.8, 4) is 0 Å². The van der Waals surface area contributed by atoms with E-state index in [0.717, 1.165) is 25.9 Å². The molecule has 2 fully saturated rings. The summed E-state index contributed by atoms with van der Waals surface area (Å²) < 4.78 is 0. The molecule has 5 heteroatoms. The molecule has 0 aliphatic carbocycles. The number of rotatable bonds is 2. The maximum Gasteiger partial charge on any atom is 0.322 e. The Morgan fingerprint density at radius 2 is 2.00 bits per heavy atom. The average Bonchev–Trinajstić information content (AvgIpc) is 2.56. The second kappa shape index (κ2) is 3.81. The van der Waals surface area contributed by atoms with Crippen LogP contribution in [0.5, 0.6) is 0 Å². The Labute approximate surface area is 89.0 Å². The van der Waals surface area contributed by atoms with E-state index in [0.29, 0.717) is 6.42 Å². The molecule has 1 atom stereocenters. The fraction of sp³-hybridized carbons (Fsp3) is 0.800. The van der Waals surface area contributed by atoms with Crippen LogP contribution in [0.3, 0.4) is 0 Å². The van der Waals surface area contributed by atoms with Gasteiger partial charge in [0.2, 0.25) is 0 Å². The lowest BCUT2D eigenvalue weighted by Gasteiger charge is -2.36. The van der Waals surface area contributed by atoms with Crippen LogP contribution < -0.4 is 16.0 Å². The molecule has 5 nitrogen and oxygen atoms in total. The summed E-state index contributed by atoms with van der Waals surface area (Å²) in [5.74, 6) is 0.108. The molecule has 0 aromatic heterocycles. The monoisotopic (exact) mass is 211 g/mol. The highest BCUT2D eigenvalue weighted by Crippen LogP contribution is 2.31. The SMILES string of the molecule is CCC1(C2CCNCC2)NC(=O)NC1=O. The van der Waals surface area contributed by atoms with Crippen molar-refractivity contribution in [3.05, 3.63) is 0 Å². The lowest BCUT2D eigenvalue weighted by Crippen LogP contribution is -2.55. The van der Waals surface area contributed by atoms with Gasteiger partial charge in [0.25, 0.3) is 5.91 Å². The molecule has 0 bridgehead atoms. The minimum Gasteiger partial charge on any atom is -0.323 e. The largest absolute Gasteiger partial charge is 0.323 e. The Balaban J connectivity index is 2.20. The van der Waals surface area contributed by atoms with Gasteiger partial charge in [0.05, 0.1) is 0 Å². The number of hydrogen-bond donors (Lipinski definition) is 3. The summed E-state index contributed by atoms with van der Waals surface area (Å²) in [6.45, 7) is 3.80. The van der Waals surface area contributed by atoms with Crippen molar-refractivity contribution in [1.29, 1.82) is 0 Å². The third kappa shape index (κ3) is 1.61. The van der Waals surface area contributed by atoms with Crippen LogP contribution in [-0.2, 0) is 4.79 Å². The van der Waals surface area contributed by atoms with Gasteiger partial charge in [-0.25, -0.2) is 4.79 Å². The number of piperidine rings is 1. The first-order valence-electron chi connectivity index (χ1n) is 5.53. The minimum atomic E-state index is -0.654. The van der Waals surface area contributed by atoms with Crippen molar-refractivity contribution in [3.63, 3.8) is 0 Å². The van der Waals surface area contributed by atoms with Crippen LogP contribution in [0.25, 0.3) is 0 Å². The third-order valence-corrected chi connectivity index (χ3v) is 3.56. The second-order valence-electron chi connectivity index (χ2n) is 4.26. The number of carbonyl (C=O) groups is 2. The number of hydrogen-bond acceptors (Lipinski definition) is 3. The zero-order valence-corrected chi connectivity index (χ0v) is 8.93. The maximum absolute atomic E-state index is 11.8. The number of amides is 3. The van der Waals surface area contributed by atoms with Crippen LogP contribution in [0.4, 0.5) is 4.79 Å². The second-order valence-corrected chi connectivity index (χ2v) is 4.26. The molecular weight excluding hydrogens is 194 g/mol. The molecule has 0 spiro atoms. The Morgan fingerprint density at radius 1 is 1.33 bits per heavy atom. The molecule has 2 rings (SSSR count). The predicted octanol–water partition coefficient (Wildman–Crippen LogP) is -0.0258. The summed E-state index contributed by atoms with van der Waals surface area (Å²) in [6.07, 6.45) is 2.55. The molecular formula is C10H17N3O2. The maximum atomic E-state index is 11.8. The molecule has 0 saturated carbocycles. The van der Waals surface area contributed by atoms with Gasteiger partial charge in [0, 0.05) is 0 Å². The van der Waals surface area contributed by atoms with Crippen LogP contribution in [-0.4, -0.2) is 30.6 Å². The van der Waals surface area contributed by atoms with E-state index < -0.39 is 5.54 Å². The topological polar surface area (TPSA) is 70.2 Å². The molecule has 3 N–H and O–H groups in total. The van der Waals surface area contributed by atoms with Crippen molar-refractivity contribution in [2.45, 2.75) is 31.7 Å². The van der Waals surface area contributed by atoms with Crippen LogP contribution in [0.15, 0.2) is 0 Å². The molecule has 2 heterocycles. The first kappa shape index (κ1) is 10.4. The Morgan fingerprint density at radius 3 is 2.47 bits per heavy atom. The van der Waals surface area contributed by atoms with E-state index in [1.165, 1.54) is 0 Å². The van der Waals surface area contributed by atoms with E-state index >= 15 is 0 Å². The zero-order chi connectivity index (χ0) is 10.9. The normalized spacial score (nSPS) is 32.6. The van der Waals surface area contributed by atoms with Crippen molar-refractivity contribution in [2.24, 2.45) is 5.92 Å². The average molecular weight is 211 g/mol. The number of urea groups is 1. The lowest BCUT2D eigenvalue weighted by molar-refractivity contribution is -0.126. The quantitative estimate of drug-likeness (QED) is 0.562. The van der Waals surface area contributed by atoms with E-state index in [-0.39, 0.29) is 17.9 Å². The summed E-state index contributed by atoms with van der Waals surface area (Å²) in [5.41, 5.74) is -0.654. The van der Waals surface area contributed by atoms with Gasteiger partial charge in [-0.1, -0.05) is 6.92 Å². The smallest absolute Gasteiger partial charge is 0.322 e. The van der Waals surface area contributed by atoms with Crippen molar-refractivity contribution >= 4 is 11.9 Å². The Kier molecular flexibility index (Phi) is 2.65. The highest BCUT2D eigenvalue weighted by atomic mass is 16.2.